The highest BCUT2D eigenvalue weighted by Gasteiger charge is 2.01. The van der Waals surface area contributed by atoms with Gasteiger partial charge in [0, 0.05) is 32.1 Å². The van der Waals surface area contributed by atoms with Gasteiger partial charge in [-0.2, -0.15) is 0 Å². The molecule has 102 valence electrons. The van der Waals surface area contributed by atoms with Crippen LogP contribution >= 0.6 is 11.8 Å². The van der Waals surface area contributed by atoms with Gasteiger partial charge in [-0.05, 0) is 17.5 Å². The van der Waals surface area contributed by atoms with Gasteiger partial charge in [-0.1, -0.05) is 26.3 Å². The molecule has 1 aromatic rings. The quantitative estimate of drug-likeness (QED) is 0.551. The van der Waals surface area contributed by atoms with Gasteiger partial charge >= 0.3 is 0 Å². The van der Waals surface area contributed by atoms with Crippen molar-refractivity contribution in [3.05, 3.63) is 23.9 Å². The number of rotatable bonds is 9. The van der Waals surface area contributed by atoms with E-state index in [-0.39, 0.29) is 0 Å². The van der Waals surface area contributed by atoms with E-state index >= 15 is 0 Å². The minimum Gasteiger partial charge on any atom is -0.383 e. The van der Waals surface area contributed by atoms with Gasteiger partial charge in [-0.15, -0.1) is 11.8 Å². The summed E-state index contributed by atoms with van der Waals surface area (Å²) in [5, 5.41) is 4.43. The molecule has 1 unspecified atom stereocenters. The summed E-state index contributed by atoms with van der Waals surface area (Å²) in [6, 6.07) is 4.26. The van der Waals surface area contributed by atoms with Crippen molar-refractivity contribution in [2.24, 2.45) is 5.92 Å². The monoisotopic (exact) mass is 268 g/mol. The summed E-state index contributed by atoms with van der Waals surface area (Å²) >= 11 is 1.84. The highest BCUT2D eigenvalue weighted by Crippen LogP contribution is 2.19. The fourth-order valence-corrected chi connectivity index (χ4v) is 2.34. The lowest BCUT2D eigenvalue weighted by molar-refractivity contribution is 0.199. The molecule has 4 heteroatoms. The maximum absolute atomic E-state index is 4.98. The molecule has 1 heterocycles. The predicted molar refractivity (Wildman–Crippen MR) is 78.0 cm³/mol. The van der Waals surface area contributed by atoms with Crippen LogP contribution in [0.25, 0.3) is 0 Å². The minimum absolute atomic E-state index is 0.746. The van der Waals surface area contributed by atoms with E-state index in [1.54, 1.807) is 7.11 Å². The van der Waals surface area contributed by atoms with Gasteiger partial charge in [-0.25, -0.2) is 4.98 Å². The second-order valence-corrected chi connectivity index (χ2v) is 5.54. The molecule has 0 saturated heterocycles. The molecule has 0 saturated carbocycles. The molecule has 18 heavy (non-hydrogen) atoms. The molecular formula is C14H24N2OS. The Morgan fingerprint density at radius 2 is 2.28 bits per heavy atom. The molecule has 1 rings (SSSR count). The number of pyridine rings is 1. The normalized spacial score (nSPS) is 12.6. The number of aromatic nitrogens is 1. The summed E-state index contributed by atoms with van der Waals surface area (Å²) in [4.78, 5) is 4.48. The molecule has 0 amide bonds. The Hall–Kier alpha value is -0.580. The van der Waals surface area contributed by atoms with Gasteiger partial charge in [0.25, 0.3) is 0 Å². The van der Waals surface area contributed by atoms with Crippen molar-refractivity contribution in [1.29, 1.82) is 0 Å². The van der Waals surface area contributed by atoms with Crippen LogP contribution in [0.4, 0.5) is 0 Å². The summed E-state index contributed by atoms with van der Waals surface area (Å²) in [5.41, 5.74) is 1.22. The van der Waals surface area contributed by atoms with Crippen LogP contribution in [-0.4, -0.2) is 31.0 Å². The lowest BCUT2D eigenvalue weighted by atomic mass is 10.2. The minimum atomic E-state index is 0.746. The van der Waals surface area contributed by atoms with E-state index < -0.39 is 0 Å². The number of methoxy groups -OCH3 is 1. The third-order valence-corrected chi connectivity index (χ3v) is 4.10. The Kier molecular flexibility index (Phi) is 8.05. The first-order valence-corrected chi connectivity index (χ1v) is 7.52. The van der Waals surface area contributed by atoms with Gasteiger partial charge in [0.05, 0.1) is 11.6 Å². The Balaban J connectivity index is 2.28. The Bertz CT molecular complexity index is 316. The van der Waals surface area contributed by atoms with Crippen LogP contribution in [0, 0.1) is 5.92 Å². The highest BCUT2D eigenvalue weighted by atomic mass is 32.2. The summed E-state index contributed by atoms with van der Waals surface area (Å²) in [7, 11) is 1.71. The maximum Gasteiger partial charge on any atom is 0.0960 e. The van der Waals surface area contributed by atoms with Crippen molar-refractivity contribution in [1.82, 2.24) is 10.3 Å². The van der Waals surface area contributed by atoms with Crippen LogP contribution in [0.3, 0.4) is 0 Å². The number of ether oxygens (including phenoxy) is 1. The van der Waals surface area contributed by atoms with Crippen molar-refractivity contribution in [2.45, 2.75) is 31.8 Å². The second kappa shape index (κ2) is 9.36. The molecule has 0 aromatic carbocycles. The SMILES string of the molecule is CCC(C)CSc1ccc(CNCCOC)cn1. The van der Waals surface area contributed by atoms with Crippen LogP contribution in [0.1, 0.15) is 25.8 Å². The van der Waals surface area contributed by atoms with Crippen LogP contribution in [-0.2, 0) is 11.3 Å². The maximum atomic E-state index is 4.98. The lowest BCUT2D eigenvalue weighted by Gasteiger charge is -2.08. The zero-order valence-corrected chi connectivity index (χ0v) is 12.4. The third-order valence-electron chi connectivity index (χ3n) is 2.82. The number of hydrogen-bond donors (Lipinski definition) is 1. The summed E-state index contributed by atoms with van der Waals surface area (Å²) < 4.78 is 4.98. The van der Waals surface area contributed by atoms with Gasteiger partial charge in [0.15, 0.2) is 0 Å². The summed E-state index contributed by atoms with van der Waals surface area (Å²) in [5.74, 6) is 1.90. The van der Waals surface area contributed by atoms with E-state index in [2.05, 4.69) is 36.3 Å². The average Bonchev–Trinajstić information content (AvgIpc) is 2.42. The molecule has 1 atom stereocenters. The number of hydrogen-bond acceptors (Lipinski definition) is 4. The van der Waals surface area contributed by atoms with E-state index in [1.807, 2.05) is 18.0 Å². The molecule has 1 N–H and O–H groups in total. The molecule has 0 radical (unpaired) electrons. The summed E-state index contributed by atoms with van der Waals surface area (Å²) in [6.07, 6.45) is 3.19. The van der Waals surface area contributed by atoms with Crippen LogP contribution in [0.15, 0.2) is 23.4 Å². The topological polar surface area (TPSA) is 34.1 Å². The predicted octanol–water partition coefficient (Wildman–Crippen LogP) is 2.96. The van der Waals surface area contributed by atoms with Crippen molar-refractivity contribution < 1.29 is 4.74 Å². The van der Waals surface area contributed by atoms with Crippen LogP contribution in [0.2, 0.25) is 0 Å². The third kappa shape index (κ3) is 6.38. The molecule has 0 bridgehead atoms. The number of nitrogens with one attached hydrogen (secondary N) is 1. The van der Waals surface area contributed by atoms with Crippen molar-refractivity contribution >= 4 is 11.8 Å². The molecule has 0 spiro atoms. The Labute approximate surface area is 115 Å². The van der Waals surface area contributed by atoms with Crippen molar-refractivity contribution in [3.8, 4) is 0 Å². The highest BCUT2D eigenvalue weighted by molar-refractivity contribution is 7.99. The molecule has 0 aliphatic carbocycles. The van der Waals surface area contributed by atoms with E-state index in [9.17, 15) is 0 Å². The first kappa shape index (κ1) is 15.5. The van der Waals surface area contributed by atoms with Gasteiger partial charge in [-0.3, -0.25) is 0 Å². The first-order valence-electron chi connectivity index (χ1n) is 6.53. The van der Waals surface area contributed by atoms with Crippen molar-refractivity contribution in [3.63, 3.8) is 0 Å². The molecule has 0 aliphatic rings. The Morgan fingerprint density at radius 3 is 2.89 bits per heavy atom. The molecule has 0 fully saturated rings. The lowest BCUT2D eigenvalue weighted by Crippen LogP contribution is -2.18. The fourth-order valence-electron chi connectivity index (χ4n) is 1.35. The molecular weight excluding hydrogens is 244 g/mol. The van der Waals surface area contributed by atoms with Crippen LogP contribution < -0.4 is 5.32 Å². The van der Waals surface area contributed by atoms with Crippen molar-refractivity contribution in [2.75, 3.05) is 26.0 Å². The summed E-state index contributed by atoms with van der Waals surface area (Å²) in [6.45, 7) is 6.98. The second-order valence-electron chi connectivity index (χ2n) is 4.50. The van der Waals surface area contributed by atoms with E-state index in [1.165, 1.54) is 12.0 Å². The average molecular weight is 268 g/mol. The number of nitrogens with zero attached hydrogens (tertiary/aromatic N) is 1. The van der Waals surface area contributed by atoms with Crippen LogP contribution in [0.5, 0.6) is 0 Å². The smallest absolute Gasteiger partial charge is 0.0960 e. The van der Waals surface area contributed by atoms with E-state index in [0.717, 1.165) is 36.4 Å². The molecule has 1 aromatic heterocycles. The van der Waals surface area contributed by atoms with Gasteiger partial charge in [0.1, 0.15) is 0 Å². The molecule has 3 nitrogen and oxygen atoms in total. The van der Waals surface area contributed by atoms with E-state index in [0.29, 0.717) is 0 Å². The number of thioether (sulfide) groups is 1. The first-order chi connectivity index (χ1) is 8.76. The van der Waals surface area contributed by atoms with Gasteiger partial charge in [0.2, 0.25) is 0 Å². The van der Waals surface area contributed by atoms with Gasteiger partial charge < -0.3 is 10.1 Å². The Morgan fingerprint density at radius 1 is 1.44 bits per heavy atom. The van der Waals surface area contributed by atoms with E-state index in [4.69, 9.17) is 4.74 Å². The zero-order chi connectivity index (χ0) is 13.2. The fraction of sp³-hybridized carbons (Fsp3) is 0.643. The standard InChI is InChI=1S/C14H24N2OS/c1-4-12(2)11-18-14-6-5-13(10-16-14)9-15-7-8-17-3/h5-6,10,12,15H,4,7-9,11H2,1-3H3. The largest absolute Gasteiger partial charge is 0.383 e. The zero-order valence-electron chi connectivity index (χ0n) is 11.6. The molecule has 0 aliphatic heterocycles.